The summed E-state index contributed by atoms with van der Waals surface area (Å²) in [5.41, 5.74) is -0.0440. The number of nitrogens with one attached hydrogen (secondary N) is 2. The van der Waals surface area contributed by atoms with E-state index in [1.807, 2.05) is 30.3 Å². The highest BCUT2D eigenvalue weighted by atomic mass is 35.5. The van der Waals surface area contributed by atoms with Gasteiger partial charge in [-0.15, -0.1) is 0 Å². The maximum absolute atomic E-state index is 13.5. The van der Waals surface area contributed by atoms with Gasteiger partial charge in [-0.1, -0.05) is 41.9 Å². The fourth-order valence-corrected chi connectivity index (χ4v) is 5.06. The Bertz CT molecular complexity index is 1140. The Morgan fingerprint density at radius 2 is 1.77 bits per heavy atom. The zero-order chi connectivity index (χ0) is 25.3. The molecule has 2 fully saturated rings. The topological polar surface area (TPSA) is 108 Å². The molecule has 2 aromatic rings. The largest absolute Gasteiger partial charge is 0.468 e. The lowest BCUT2D eigenvalue weighted by atomic mass is 9.81. The summed E-state index contributed by atoms with van der Waals surface area (Å²) in [5.74, 6) is -3.20. The van der Waals surface area contributed by atoms with E-state index in [0.29, 0.717) is 10.7 Å². The average molecular weight is 499 g/mol. The molecule has 35 heavy (non-hydrogen) atoms. The number of nitrogens with zero attached hydrogens (tertiary/aromatic N) is 2. The molecule has 2 aliphatic rings. The number of esters is 1. The first-order chi connectivity index (χ1) is 16.7. The normalized spacial score (nSPS) is 25.4. The lowest BCUT2D eigenvalue weighted by Gasteiger charge is -2.30. The van der Waals surface area contributed by atoms with E-state index >= 15 is 0 Å². The van der Waals surface area contributed by atoms with Crippen LogP contribution in [0.5, 0.6) is 0 Å². The first-order valence-electron chi connectivity index (χ1n) is 11.2. The van der Waals surface area contributed by atoms with E-state index in [2.05, 4.69) is 10.6 Å². The summed E-state index contributed by atoms with van der Waals surface area (Å²) in [6.07, 6.45) is 0. The van der Waals surface area contributed by atoms with Gasteiger partial charge in [-0.05, 0) is 36.8 Å². The van der Waals surface area contributed by atoms with Crippen molar-refractivity contribution in [1.82, 2.24) is 15.1 Å². The Kier molecular flexibility index (Phi) is 6.82. The molecular formula is C25H27ClN4O5. The zero-order valence-electron chi connectivity index (χ0n) is 19.7. The van der Waals surface area contributed by atoms with E-state index in [-0.39, 0.29) is 19.0 Å². The average Bonchev–Trinajstić information content (AvgIpc) is 3.28. The quantitative estimate of drug-likeness (QED) is 0.468. The summed E-state index contributed by atoms with van der Waals surface area (Å²) in [7, 11) is 2.82. The molecule has 2 saturated heterocycles. The maximum atomic E-state index is 13.5. The molecule has 4 rings (SSSR count). The predicted octanol–water partition coefficient (Wildman–Crippen LogP) is 2.51. The van der Waals surface area contributed by atoms with Crippen molar-refractivity contribution < 1.29 is 23.9 Å². The van der Waals surface area contributed by atoms with Crippen molar-refractivity contribution in [3.63, 3.8) is 0 Å². The molecule has 2 N–H and O–H groups in total. The molecule has 10 heteroatoms. The number of urea groups is 1. The van der Waals surface area contributed by atoms with Gasteiger partial charge in [0.15, 0.2) is 0 Å². The zero-order valence-corrected chi connectivity index (χ0v) is 20.4. The van der Waals surface area contributed by atoms with Gasteiger partial charge in [0.05, 0.1) is 25.5 Å². The minimum Gasteiger partial charge on any atom is -0.468 e. The van der Waals surface area contributed by atoms with E-state index < -0.39 is 41.3 Å². The lowest BCUT2D eigenvalue weighted by Crippen LogP contribution is -2.56. The molecule has 0 aliphatic carbocycles. The van der Waals surface area contributed by atoms with Crippen molar-refractivity contribution in [3.05, 3.63) is 65.2 Å². The number of fused-ring (bicyclic) bond motifs is 1. The molecule has 0 saturated carbocycles. The minimum absolute atomic E-state index is 0.0887. The Labute approximate surface area is 208 Å². The summed E-state index contributed by atoms with van der Waals surface area (Å²) in [6, 6.07) is 14.8. The molecule has 4 atom stereocenters. The minimum atomic E-state index is -1.41. The first kappa shape index (κ1) is 24.7. The molecule has 2 heterocycles. The van der Waals surface area contributed by atoms with Crippen LogP contribution in [0.2, 0.25) is 5.02 Å². The van der Waals surface area contributed by atoms with Crippen LogP contribution in [-0.2, 0) is 25.7 Å². The summed E-state index contributed by atoms with van der Waals surface area (Å²) in [6.45, 7) is 1.77. The van der Waals surface area contributed by atoms with Gasteiger partial charge in [-0.2, -0.15) is 0 Å². The van der Waals surface area contributed by atoms with E-state index in [4.69, 9.17) is 16.3 Å². The standard InChI is InChI=1S/C25H27ClN4O5/c1-25(23(33)35-3)20-19(21(31)30(22(20)32)13-15-7-5-4-6-8-15)18(28-25)14-29(2)24(34)27-17-11-9-16(26)10-12-17/h4-12,18-20,28H,13-14H2,1-3H3,(H,27,34)/t18-,19+,20-,25-/m1/s1. The number of carbonyl (C=O) groups is 4. The van der Waals surface area contributed by atoms with Crippen LogP contribution in [0.3, 0.4) is 0 Å². The number of hydrogen-bond donors (Lipinski definition) is 2. The second-order valence-corrected chi connectivity index (χ2v) is 9.45. The van der Waals surface area contributed by atoms with Crippen molar-refractivity contribution >= 4 is 41.1 Å². The molecule has 2 aromatic carbocycles. The van der Waals surface area contributed by atoms with Gasteiger partial charge in [-0.25, -0.2) is 4.79 Å². The molecule has 9 nitrogen and oxygen atoms in total. The molecule has 2 aliphatic heterocycles. The molecule has 4 amide bonds. The van der Waals surface area contributed by atoms with Crippen molar-refractivity contribution in [2.24, 2.45) is 11.8 Å². The van der Waals surface area contributed by atoms with Crippen molar-refractivity contribution in [2.75, 3.05) is 26.0 Å². The number of hydrogen-bond acceptors (Lipinski definition) is 6. The number of imide groups is 1. The number of carbonyl (C=O) groups excluding carboxylic acids is 4. The number of amides is 4. The predicted molar refractivity (Wildman–Crippen MR) is 129 cm³/mol. The van der Waals surface area contributed by atoms with Crippen LogP contribution < -0.4 is 10.6 Å². The number of methoxy groups -OCH3 is 1. The number of anilines is 1. The molecule has 0 spiro atoms. The fraction of sp³-hybridized carbons (Fsp3) is 0.360. The van der Waals surface area contributed by atoms with Crippen molar-refractivity contribution in [1.29, 1.82) is 0 Å². The molecule has 0 unspecified atom stereocenters. The Balaban J connectivity index is 1.56. The SMILES string of the molecule is COC(=O)[C@]1(C)N[C@H](CN(C)C(=O)Nc2ccc(Cl)cc2)[C@@H]2C(=O)N(Cc3ccccc3)C(=O)[C@@H]21. The van der Waals surface area contributed by atoms with Crippen molar-refractivity contribution in [3.8, 4) is 0 Å². The second-order valence-electron chi connectivity index (χ2n) is 9.01. The monoisotopic (exact) mass is 498 g/mol. The number of ether oxygens (including phenoxy) is 1. The Morgan fingerprint density at radius 1 is 1.11 bits per heavy atom. The van der Waals surface area contributed by atoms with E-state index in [1.165, 1.54) is 16.9 Å². The van der Waals surface area contributed by atoms with Gasteiger partial charge >= 0.3 is 12.0 Å². The highest BCUT2D eigenvalue weighted by Gasteiger charge is 2.66. The first-order valence-corrected chi connectivity index (χ1v) is 11.6. The van der Waals surface area contributed by atoms with E-state index in [1.54, 1.807) is 38.2 Å². The van der Waals surface area contributed by atoms with Crippen LogP contribution in [0.4, 0.5) is 10.5 Å². The van der Waals surface area contributed by atoms with Gasteiger partial charge in [0.2, 0.25) is 11.8 Å². The molecule has 0 radical (unpaired) electrons. The van der Waals surface area contributed by atoms with Crippen LogP contribution >= 0.6 is 11.6 Å². The van der Waals surface area contributed by atoms with Gasteiger partial charge < -0.3 is 15.0 Å². The maximum Gasteiger partial charge on any atom is 0.326 e. The van der Waals surface area contributed by atoms with Gasteiger partial charge in [0, 0.05) is 30.3 Å². The summed E-state index contributed by atoms with van der Waals surface area (Å²) in [4.78, 5) is 55.0. The Hall–Kier alpha value is -3.43. The number of likely N-dealkylation sites (N-methyl/N-ethyl adjacent to an activating group) is 1. The highest BCUT2D eigenvalue weighted by molar-refractivity contribution is 6.30. The summed E-state index contributed by atoms with van der Waals surface area (Å²) >= 11 is 5.90. The third kappa shape index (κ3) is 4.61. The summed E-state index contributed by atoms with van der Waals surface area (Å²) < 4.78 is 4.98. The number of likely N-dealkylation sites (tertiary alicyclic amines) is 1. The van der Waals surface area contributed by atoms with Crippen molar-refractivity contribution in [2.45, 2.75) is 25.0 Å². The van der Waals surface area contributed by atoms with Gasteiger partial charge in [-0.3, -0.25) is 24.6 Å². The molecule has 184 valence electrons. The number of benzene rings is 2. The number of rotatable bonds is 6. The van der Waals surface area contributed by atoms with Crippen LogP contribution in [0.15, 0.2) is 54.6 Å². The van der Waals surface area contributed by atoms with Gasteiger partial charge in [0.25, 0.3) is 0 Å². The van der Waals surface area contributed by atoms with E-state index in [0.717, 1.165) is 5.56 Å². The molecule has 0 aromatic heterocycles. The van der Waals surface area contributed by atoms with Crippen LogP contribution in [0, 0.1) is 11.8 Å². The highest BCUT2D eigenvalue weighted by Crippen LogP contribution is 2.44. The third-order valence-corrected chi connectivity index (χ3v) is 6.94. The Morgan fingerprint density at radius 3 is 2.40 bits per heavy atom. The lowest BCUT2D eigenvalue weighted by molar-refractivity contribution is -0.153. The van der Waals surface area contributed by atoms with E-state index in [9.17, 15) is 19.2 Å². The van der Waals surface area contributed by atoms with Gasteiger partial charge in [0.1, 0.15) is 5.54 Å². The molecular weight excluding hydrogens is 472 g/mol. The fourth-order valence-electron chi connectivity index (χ4n) is 4.94. The summed E-state index contributed by atoms with van der Waals surface area (Å²) in [5, 5.41) is 6.45. The third-order valence-electron chi connectivity index (χ3n) is 6.69. The van der Waals surface area contributed by atoms with Crippen LogP contribution in [0.25, 0.3) is 0 Å². The number of halogens is 1. The smallest absolute Gasteiger partial charge is 0.326 e. The van der Waals surface area contributed by atoms with Crippen LogP contribution in [-0.4, -0.2) is 65.9 Å². The van der Waals surface area contributed by atoms with Crippen LogP contribution in [0.1, 0.15) is 12.5 Å². The molecule has 0 bridgehead atoms. The second kappa shape index (κ2) is 9.67.